The number of nitrogens with one attached hydrogen (secondary N) is 2. The van der Waals surface area contributed by atoms with Crippen LogP contribution in [0.3, 0.4) is 0 Å². The summed E-state index contributed by atoms with van der Waals surface area (Å²) in [6.45, 7) is 11.2. The molecule has 0 heterocycles. The van der Waals surface area contributed by atoms with Crippen LogP contribution in [0.2, 0.25) is 0 Å². The van der Waals surface area contributed by atoms with E-state index >= 15 is 0 Å². The van der Waals surface area contributed by atoms with Crippen LogP contribution in [0.25, 0.3) is 0 Å². The van der Waals surface area contributed by atoms with Crippen LogP contribution < -0.4 is 10.6 Å². The van der Waals surface area contributed by atoms with E-state index in [0.717, 1.165) is 25.1 Å². The van der Waals surface area contributed by atoms with Gasteiger partial charge in [0.15, 0.2) is 5.96 Å². The van der Waals surface area contributed by atoms with Gasteiger partial charge in [0.05, 0.1) is 6.54 Å². The maximum atomic E-state index is 4.74. The molecule has 2 N–H and O–H groups in total. The summed E-state index contributed by atoms with van der Waals surface area (Å²) < 4.78 is 0. The van der Waals surface area contributed by atoms with Gasteiger partial charge in [-0.15, -0.1) is 0 Å². The summed E-state index contributed by atoms with van der Waals surface area (Å²) in [5.74, 6) is 0.906. The van der Waals surface area contributed by atoms with Crippen LogP contribution in [0.1, 0.15) is 43.4 Å². The highest BCUT2D eigenvalue weighted by Crippen LogP contribution is 2.26. The normalized spacial score (nSPS) is 16.5. The molecule has 1 aromatic carbocycles. The van der Waals surface area contributed by atoms with Crippen LogP contribution >= 0.6 is 0 Å². The molecule has 0 aliphatic heterocycles. The highest BCUT2D eigenvalue weighted by molar-refractivity contribution is 5.79. The second-order valence-electron chi connectivity index (χ2n) is 6.75. The van der Waals surface area contributed by atoms with E-state index in [4.69, 9.17) is 4.99 Å². The number of nitrogens with zero attached hydrogens (tertiary/aromatic N) is 2. The van der Waals surface area contributed by atoms with Crippen molar-refractivity contribution in [2.75, 3.05) is 20.1 Å². The molecule has 128 valence electrons. The minimum Gasteiger partial charge on any atom is -0.357 e. The highest BCUT2D eigenvalue weighted by atomic mass is 15.2. The monoisotopic (exact) mass is 316 g/mol. The largest absolute Gasteiger partial charge is 0.357 e. The van der Waals surface area contributed by atoms with Gasteiger partial charge < -0.3 is 10.6 Å². The molecule has 1 saturated carbocycles. The lowest BCUT2D eigenvalue weighted by atomic mass is 10.1. The van der Waals surface area contributed by atoms with E-state index in [0.29, 0.717) is 12.6 Å². The van der Waals surface area contributed by atoms with Crippen molar-refractivity contribution in [1.82, 2.24) is 15.5 Å². The second-order valence-corrected chi connectivity index (χ2v) is 6.75. The summed E-state index contributed by atoms with van der Waals surface area (Å²) in [7, 11) is 2.23. The smallest absolute Gasteiger partial charge is 0.191 e. The lowest BCUT2D eigenvalue weighted by Crippen LogP contribution is -2.45. The summed E-state index contributed by atoms with van der Waals surface area (Å²) in [5.41, 5.74) is 3.90. The van der Waals surface area contributed by atoms with Gasteiger partial charge in [0.1, 0.15) is 0 Å². The first-order valence-electron chi connectivity index (χ1n) is 8.81. The van der Waals surface area contributed by atoms with E-state index in [2.05, 4.69) is 68.5 Å². The van der Waals surface area contributed by atoms with Crippen molar-refractivity contribution in [2.24, 2.45) is 4.99 Å². The minimum atomic E-state index is 0.521. The van der Waals surface area contributed by atoms with Gasteiger partial charge in [-0.3, -0.25) is 4.90 Å². The summed E-state index contributed by atoms with van der Waals surface area (Å²) in [6, 6.07) is 7.87. The van der Waals surface area contributed by atoms with Gasteiger partial charge in [-0.1, -0.05) is 23.8 Å². The number of aryl methyl sites for hydroxylation is 2. The maximum absolute atomic E-state index is 4.74. The first-order chi connectivity index (χ1) is 11.0. The third kappa shape index (κ3) is 5.54. The second kappa shape index (κ2) is 8.34. The van der Waals surface area contributed by atoms with E-state index in [9.17, 15) is 0 Å². The molecule has 0 radical (unpaired) electrons. The summed E-state index contributed by atoms with van der Waals surface area (Å²) >= 11 is 0. The Balaban J connectivity index is 1.91. The van der Waals surface area contributed by atoms with Crippen molar-refractivity contribution in [3.63, 3.8) is 0 Å². The van der Waals surface area contributed by atoms with Crippen LogP contribution in [0.4, 0.5) is 0 Å². The van der Waals surface area contributed by atoms with Gasteiger partial charge >= 0.3 is 0 Å². The molecule has 1 fully saturated rings. The van der Waals surface area contributed by atoms with Crippen LogP contribution in [0, 0.1) is 13.8 Å². The molecule has 2 rings (SSSR count). The zero-order valence-corrected chi connectivity index (χ0v) is 15.3. The number of guanidine groups is 1. The third-order valence-electron chi connectivity index (χ3n) is 4.63. The van der Waals surface area contributed by atoms with Crippen molar-refractivity contribution in [2.45, 2.75) is 59.2 Å². The Bertz CT molecular complexity index is 534. The number of benzene rings is 1. The quantitative estimate of drug-likeness (QED) is 0.600. The molecule has 1 atom stereocenters. The Hall–Kier alpha value is -1.55. The SMILES string of the molecule is CCNC(=NCc1ccc(C)cc1C)NCC(C)N(C)C1CC1. The predicted molar refractivity (Wildman–Crippen MR) is 99.0 cm³/mol. The molecule has 0 bridgehead atoms. The molecule has 4 nitrogen and oxygen atoms in total. The molecule has 0 aromatic heterocycles. The summed E-state index contributed by atoms with van der Waals surface area (Å²) in [6.07, 6.45) is 2.70. The van der Waals surface area contributed by atoms with Gasteiger partial charge in [-0.25, -0.2) is 4.99 Å². The lowest BCUT2D eigenvalue weighted by Gasteiger charge is -2.25. The molecular formula is C19H32N4. The first-order valence-corrected chi connectivity index (χ1v) is 8.81. The van der Waals surface area contributed by atoms with E-state index in [1.165, 1.54) is 29.5 Å². The summed E-state index contributed by atoms with van der Waals surface area (Å²) in [5, 5.41) is 6.83. The fraction of sp³-hybridized carbons (Fsp3) is 0.632. The average molecular weight is 316 g/mol. The van der Waals surface area contributed by atoms with Crippen molar-refractivity contribution in [3.05, 3.63) is 34.9 Å². The maximum Gasteiger partial charge on any atom is 0.191 e. The van der Waals surface area contributed by atoms with E-state index in [1.807, 2.05) is 0 Å². The van der Waals surface area contributed by atoms with E-state index in [1.54, 1.807) is 0 Å². The molecule has 1 aliphatic rings. The van der Waals surface area contributed by atoms with Crippen molar-refractivity contribution in [1.29, 1.82) is 0 Å². The van der Waals surface area contributed by atoms with Gasteiger partial charge in [-0.05, 0) is 58.7 Å². The zero-order chi connectivity index (χ0) is 16.8. The standard InChI is InChI=1S/C19H32N4/c1-6-20-19(21-12-16(4)23(5)18-9-10-18)22-13-17-8-7-14(2)11-15(17)3/h7-8,11,16,18H,6,9-10,12-13H2,1-5H3,(H2,20,21,22). The fourth-order valence-corrected chi connectivity index (χ4v) is 2.76. The van der Waals surface area contributed by atoms with Gasteiger partial charge in [0.25, 0.3) is 0 Å². The molecule has 23 heavy (non-hydrogen) atoms. The number of hydrogen-bond donors (Lipinski definition) is 2. The topological polar surface area (TPSA) is 39.7 Å². The zero-order valence-electron chi connectivity index (χ0n) is 15.3. The van der Waals surface area contributed by atoms with E-state index < -0.39 is 0 Å². The molecule has 1 aromatic rings. The molecule has 0 spiro atoms. The molecule has 0 saturated heterocycles. The fourth-order valence-electron chi connectivity index (χ4n) is 2.76. The lowest BCUT2D eigenvalue weighted by molar-refractivity contribution is 0.247. The third-order valence-corrected chi connectivity index (χ3v) is 4.63. The molecule has 0 amide bonds. The van der Waals surface area contributed by atoms with Crippen LogP contribution in [-0.4, -0.2) is 43.1 Å². The number of rotatable bonds is 7. The molecule has 4 heteroatoms. The number of aliphatic imine (C=N–C) groups is 1. The molecule has 1 unspecified atom stereocenters. The predicted octanol–water partition coefficient (Wildman–Crippen LogP) is 2.84. The van der Waals surface area contributed by atoms with Crippen LogP contribution in [0.5, 0.6) is 0 Å². The van der Waals surface area contributed by atoms with Gasteiger partial charge in [-0.2, -0.15) is 0 Å². The van der Waals surface area contributed by atoms with Gasteiger partial charge in [0.2, 0.25) is 0 Å². The van der Waals surface area contributed by atoms with Crippen molar-refractivity contribution >= 4 is 5.96 Å². The highest BCUT2D eigenvalue weighted by Gasteiger charge is 2.28. The van der Waals surface area contributed by atoms with Crippen LogP contribution in [0.15, 0.2) is 23.2 Å². The summed E-state index contributed by atoms with van der Waals surface area (Å²) in [4.78, 5) is 7.21. The van der Waals surface area contributed by atoms with Crippen molar-refractivity contribution in [3.8, 4) is 0 Å². The minimum absolute atomic E-state index is 0.521. The first kappa shape index (κ1) is 17.8. The Morgan fingerprint density at radius 2 is 2.04 bits per heavy atom. The van der Waals surface area contributed by atoms with Crippen molar-refractivity contribution < 1.29 is 0 Å². The Morgan fingerprint density at radius 1 is 1.30 bits per heavy atom. The number of hydrogen-bond acceptors (Lipinski definition) is 2. The van der Waals surface area contributed by atoms with E-state index in [-0.39, 0.29) is 0 Å². The number of likely N-dealkylation sites (N-methyl/N-ethyl adjacent to an activating group) is 1. The Morgan fingerprint density at radius 3 is 2.65 bits per heavy atom. The average Bonchev–Trinajstić information content (AvgIpc) is 3.35. The molecule has 1 aliphatic carbocycles. The Labute approximate surface area is 141 Å². The van der Waals surface area contributed by atoms with Crippen LogP contribution in [-0.2, 0) is 6.54 Å². The van der Waals surface area contributed by atoms with Gasteiger partial charge in [0, 0.05) is 25.2 Å². The molecular weight excluding hydrogens is 284 g/mol. The Kier molecular flexibility index (Phi) is 6.46.